The van der Waals surface area contributed by atoms with Crippen LogP contribution in [0.15, 0.2) is 18.5 Å². The number of hydrazine groups is 1. The molecule has 7 nitrogen and oxygen atoms in total. The molecule has 1 atom stereocenters. The standard InChI is InChI=1S/C11H17N5O2/c1-6(2)9(10(12)17)15-11(18)7-5-14-4-3-8(7)16-13/h3-6,9H,13H2,1-2H3,(H2,12,17)(H,14,16)(H,15,18). The number of nitrogens with one attached hydrogen (secondary N) is 2. The Morgan fingerprint density at radius 3 is 2.56 bits per heavy atom. The highest BCUT2D eigenvalue weighted by Gasteiger charge is 2.23. The smallest absolute Gasteiger partial charge is 0.255 e. The number of nitrogen functional groups attached to an aromatic ring is 1. The minimum atomic E-state index is -0.733. The van der Waals surface area contributed by atoms with Crippen molar-refractivity contribution in [2.75, 3.05) is 5.43 Å². The number of primary amides is 1. The second-order valence-corrected chi connectivity index (χ2v) is 4.16. The quantitative estimate of drug-likeness (QED) is 0.419. The number of hydrogen-bond donors (Lipinski definition) is 4. The maximum Gasteiger partial charge on any atom is 0.255 e. The van der Waals surface area contributed by atoms with Crippen LogP contribution in [0.4, 0.5) is 5.69 Å². The van der Waals surface area contributed by atoms with E-state index in [1.165, 1.54) is 12.4 Å². The molecule has 2 amide bonds. The summed E-state index contributed by atoms with van der Waals surface area (Å²) in [5.41, 5.74) is 8.30. The molecule has 1 aromatic heterocycles. The zero-order valence-electron chi connectivity index (χ0n) is 10.3. The van der Waals surface area contributed by atoms with E-state index in [4.69, 9.17) is 11.6 Å². The Morgan fingerprint density at radius 1 is 1.39 bits per heavy atom. The van der Waals surface area contributed by atoms with Crippen LogP contribution < -0.4 is 22.3 Å². The highest BCUT2D eigenvalue weighted by atomic mass is 16.2. The lowest BCUT2D eigenvalue weighted by Gasteiger charge is -2.19. The zero-order chi connectivity index (χ0) is 13.7. The van der Waals surface area contributed by atoms with Crippen molar-refractivity contribution in [2.24, 2.45) is 17.5 Å². The van der Waals surface area contributed by atoms with Gasteiger partial charge in [0.05, 0.1) is 11.3 Å². The van der Waals surface area contributed by atoms with Gasteiger partial charge in [-0.15, -0.1) is 0 Å². The van der Waals surface area contributed by atoms with Gasteiger partial charge >= 0.3 is 0 Å². The molecule has 6 N–H and O–H groups in total. The molecule has 0 saturated heterocycles. The van der Waals surface area contributed by atoms with Gasteiger partial charge in [0.25, 0.3) is 5.91 Å². The van der Waals surface area contributed by atoms with E-state index in [1.807, 2.05) is 0 Å². The lowest BCUT2D eigenvalue weighted by atomic mass is 10.0. The summed E-state index contributed by atoms with van der Waals surface area (Å²) in [6.45, 7) is 3.59. The molecule has 1 unspecified atom stereocenters. The first-order valence-corrected chi connectivity index (χ1v) is 5.48. The SMILES string of the molecule is CC(C)C(NC(=O)c1cnccc1NN)C(N)=O. The number of amides is 2. The average molecular weight is 251 g/mol. The summed E-state index contributed by atoms with van der Waals surface area (Å²) in [6, 6.07) is 0.826. The van der Waals surface area contributed by atoms with Crippen molar-refractivity contribution in [2.45, 2.75) is 19.9 Å². The summed E-state index contributed by atoms with van der Waals surface area (Å²) >= 11 is 0. The number of nitrogens with two attached hydrogens (primary N) is 2. The maximum absolute atomic E-state index is 12.0. The van der Waals surface area contributed by atoms with Gasteiger partial charge in [-0.3, -0.25) is 20.4 Å². The van der Waals surface area contributed by atoms with Crippen LogP contribution in [-0.4, -0.2) is 22.8 Å². The summed E-state index contributed by atoms with van der Waals surface area (Å²) < 4.78 is 0. The molecule has 0 radical (unpaired) electrons. The zero-order valence-corrected chi connectivity index (χ0v) is 10.3. The molecular weight excluding hydrogens is 234 g/mol. The molecule has 0 spiro atoms. The number of carbonyl (C=O) groups excluding carboxylic acids is 2. The Labute approximate surface area is 105 Å². The number of aromatic nitrogens is 1. The van der Waals surface area contributed by atoms with Crippen molar-refractivity contribution in [1.29, 1.82) is 0 Å². The van der Waals surface area contributed by atoms with Crippen LogP contribution in [0.25, 0.3) is 0 Å². The minimum Gasteiger partial charge on any atom is -0.368 e. The molecular formula is C11H17N5O2. The topological polar surface area (TPSA) is 123 Å². The van der Waals surface area contributed by atoms with Gasteiger partial charge in [0, 0.05) is 12.4 Å². The Morgan fingerprint density at radius 2 is 2.06 bits per heavy atom. The summed E-state index contributed by atoms with van der Waals surface area (Å²) in [6.07, 6.45) is 2.86. The van der Waals surface area contributed by atoms with Gasteiger partial charge in [0.15, 0.2) is 0 Å². The molecule has 1 heterocycles. The average Bonchev–Trinajstić information content (AvgIpc) is 2.34. The van der Waals surface area contributed by atoms with Crippen molar-refractivity contribution in [3.8, 4) is 0 Å². The summed E-state index contributed by atoms with van der Waals surface area (Å²) in [7, 11) is 0. The normalized spacial score (nSPS) is 12.0. The molecule has 98 valence electrons. The summed E-state index contributed by atoms with van der Waals surface area (Å²) in [5.74, 6) is 4.16. The third kappa shape index (κ3) is 3.17. The first kappa shape index (κ1) is 13.9. The first-order valence-electron chi connectivity index (χ1n) is 5.48. The van der Waals surface area contributed by atoms with E-state index in [0.29, 0.717) is 5.69 Å². The van der Waals surface area contributed by atoms with Gasteiger partial charge in [0.2, 0.25) is 5.91 Å². The molecule has 0 aliphatic rings. The van der Waals surface area contributed by atoms with E-state index in [-0.39, 0.29) is 11.5 Å². The molecule has 0 aliphatic heterocycles. The highest BCUT2D eigenvalue weighted by Crippen LogP contribution is 2.12. The van der Waals surface area contributed by atoms with Crippen LogP contribution in [0.5, 0.6) is 0 Å². The van der Waals surface area contributed by atoms with Crippen LogP contribution in [0.3, 0.4) is 0 Å². The molecule has 0 aliphatic carbocycles. The number of anilines is 1. The Hall–Kier alpha value is -2.15. The predicted molar refractivity (Wildman–Crippen MR) is 67.3 cm³/mol. The van der Waals surface area contributed by atoms with E-state index in [0.717, 1.165) is 0 Å². The highest BCUT2D eigenvalue weighted by molar-refractivity contribution is 6.01. The molecule has 0 fully saturated rings. The fraction of sp³-hybridized carbons (Fsp3) is 0.364. The van der Waals surface area contributed by atoms with Crippen molar-refractivity contribution in [3.63, 3.8) is 0 Å². The third-order valence-corrected chi connectivity index (χ3v) is 2.48. The van der Waals surface area contributed by atoms with Gasteiger partial charge in [-0.25, -0.2) is 0 Å². The molecule has 0 aromatic carbocycles. The monoisotopic (exact) mass is 251 g/mol. The van der Waals surface area contributed by atoms with Gasteiger partial charge in [-0.05, 0) is 12.0 Å². The molecule has 1 aromatic rings. The molecule has 7 heteroatoms. The van der Waals surface area contributed by atoms with Gasteiger partial charge in [0.1, 0.15) is 6.04 Å². The molecule has 1 rings (SSSR count). The van der Waals surface area contributed by atoms with E-state index >= 15 is 0 Å². The first-order chi connectivity index (χ1) is 8.47. The molecule has 18 heavy (non-hydrogen) atoms. The van der Waals surface area contributed by atoms with Crippen LogP contribution in [0.1, 0.15) is 24.2 Å². The number of hydrogen-bond acceptors (Lipinski definition) is 5. The Bertz CT molecular complexity index is 447. The minimum absolute atomic E-state index is 0.0996. The molecule has 0 bridgehead atoms. The number of pyridine rings is 1. The van der Waals surface area contributed by atoms with Crippen LogP contribution >= 0.6 is 0 Å². The van der Waals surface area contributed by atoms with Crippen molar-refractivity contribution >= 4 is 17.5 Å². The van der Waals surface area contributed by atoms with Crippen molar-refractivity contribution in [3.05, 3.63) is 24.0 Å². The van der Waals surface area contributed by atoms with E-state index in [9.17, 15) is 9.59 Å². The predicted octanol–water partition coefficient (Wildman–Crippen LogP) is -0.393. The van der Waals surface area contributed by atoms with E-state index < -0.39 is 17.9 Å². The van der Waals surface area contributed by atoms with Crippen LogP contribution in [-0.2, 0) is 4.79 Å². The number of rotatable bonds is 5. The lowest BCUT2D eigenvalue weighted by Crippen LogP contribution is -2.47. The van der Waals surface area contributed by atoms with Crippen molar-refractivity contribution < 1.29 is 9.59 Å². The van der Waals surface area contributed by atoms with E-state index in [2.05, 4.69) is 15.7 Å². The maximum atomic E-state index is 12.0. The molecule has 0 saturated carbocycles. The van der Waals surface area contributed by atoms with Gasteiger partial charge in [-0.1, -0.05) is 13.8 Å². The second kappa shape index (κ2) is 5.97. The number of carbonyl (C=O) groups is 2. The second-order valence-electron chi connectivity index (χ2n) is 4.16. The fourth-order valence-corrected chi connectivity index (χ4v) is 1.49. The largest absolute Gasteiger partial charge is 0.368 e. The fourth-order valence-electron chi connectivity index (χ4n) is 1.49. The van der Waals surface area contributed by atoms with Crippen molar-refractivity contribution in [1.82, 2.24) is 10.3 Å². The Kier molecular flexibility index (Phi) is 4.61. The lowest BCUT2D eigenvalue weighted by molar-refractivity contribution is -0.120. The van der Waals surface area contributed by atoms with Crippen LogP contribution in [0.2, 0.25) is 0 Å². The van der Waals surface area contributed by atoms with Crippen LogP contribution in [0, 0.1) is 5.92 Å². The van der Waals surface area contributed by atoms with Gasteiger partial charge < -0.3 is 16.5 Å². The van der Waals surface area contributed by atoms with Gasteiger partial charge in [-0.2, -0.15) is 0 Å². The van der Waals surface area contributed by atoms with E-state index in [1.54, 1.807) is 19.9 Å². The summed E-state index contributed by atoms with van der Waals surface area (Å²) in [5, 5.41) is 2.56. The number of nitrogens with zero attached hydrogens (tertiary/aromatic N) is 1. The third-order valence-electron chi connectivity index (χ3n) is 2.48. The Balaban J connectivity index is 2.90. The summed E-state index contributed by atoms with van der Waals surface area (Å²) in [4.78, 5) is 27.0.